The lowest BCUT2D eigenvalue weighted by atomic mass is 10.1. The molecule has 0 aromatic rings. The van der Waals surface area contributed by atoms with E-state index in [-0.39, 0.29) is 0 Å². The molecule has 1 aliphatic heterocycles. The molecule has 0 aliphatic carbocycles. The molecule has 0 spiro atoms. The van der Waals surface area contributed by atoms with Crippen LogP contribution in [0.25, 0.3) is 0 Å². The van der Waals surface area contributed by atoms with Crippen molar-refractivity contribution in [2.45, 2.75) is 58.3 Å². The molecule has 0 atom stereocenters. The van der Waals surface area contributed by atoms with Crippen molar-refractivity contribution in [3.8, 4) is 0 Å². The van der Waals surface area contributed by atoms with E-state index in [1.807, 2.05) is 6.34 Å². The summed E-state index contributed by atoms with van der Waals surface area (Å²) in [6.45, 7) is 5.36. The molecule has 0 saturated carbocycles. The highest BCUT2D eigenvalue weighted by molar-refractivity contribution is 5.56. The molecule has 0 amide bonds. The summed E-state index contributed by atoms with van der Waals surface area (Å²) in [5.41, 5.74) is 3.38. The van der Waals surface area contributed by atoms with E-state index in [9.17, 15) is 0 Å². The van der Waals surface area contributed by atoms with Crippen LogP contribution in [0.1, 0.15) is 58.3 Å². The third kappa shape index (κ3) is 6.83. The van der Waals surface area contributed by atoms with Gasteiger partial charge in [0.2, 0.25) is 0 Å². The first-order valence-electron chi connectivity index (χ1n) is 6.93. The summed E-state index contributed by atoms with van der Waals surface area (Å²) >= 11 is 0. The van der Waals surface area contributed by atoms with Crippen LogP contribution in [0.15, 0.2) is 4.99 Å². The number of hydrogen-bond donors (Lipinski definition) is 1. The van der Waals surface area contributed by atoms with E-state index >= 15 is 0 Å². The minimum Gasteiger partial charge on any atom is -0.297 e. The predicted octanol–water partition coefficient (Wildman–Crippen LogP) is 2.98. The Balaban J connectivity index is 1.73. The Bertz CT molecular complexity index is 180. The third-order valence-corrected chi connectivity index (χ3v) is 3.04. The van der Waals surface area contributed by atoms with Crippen LogP contribution in [0.4, 0.5) is 0 Å². The zero-order valence-electron chi connectivity index (χ0n) is 10.7. The van der Waals surface area contributed by atoms with Gasteiger partial charge < -0.3 is 0 Å². The van der Waals surface area contributed by atoms with E-state index < -0.39 is 0 Å². The second-order valence-electron chi connectivity index (χ2n) is 4.60. The van der Waals surface area contributed by atoms with Crippen LogP contribution in [0, 0.1) is 0 Å². The molecule has 1 aliphatic rings. The van der Waals surface area contributed by atoms with Crippen molar-refractivity contribution in [1.82, 2.24) is 10.4 Å². The zero-order chi connectivity index (χ0) is 11.5. The van der Waals surface area contributed by atoms with Gasteiger partial charge in [-0.2, -0.15) is 0 Å². The zero-order valence-corrected chi connectivity index (χ0v) is 10.7. The van der Waals surface area contributed by atoms with Gasteiger partial charge in [0.25, 0.3) is 0 Å². The number of hydrogen-bond acceptors (Lipinski definition) is 3. The highest BCUT2D eigenvalue weighted by Gasteiger charge is 2.02. The van der Waals surface area contributed by atoms with Gasteiger partial charge >= 0.3 is 0 Å². The van der Waals surface area contributed by atoms with Crippen molar-refractivity contribution in [2.75, 3.05) is 19.6 Å². The Morgan fingerprint density at radius 2 is 1.75 bits per heavy atom. The summed E-state index contributed by atoms with van der Waals surface area (Å²) in [5, 5.41) is 2.10. The van der Waals surface area contributed by atoms with Crippen LogP contribution < -0.4 is 5.43 Å². The van der Waals surface area contributed by atoms with Crippen molar-refractivity contribution < 1.29 is 0 Å². The summed E-state index contributed by atoms with van der Waals surface area (Å²) in [5.74, 6) is 0. The molecule has 3 heteroatoms. The monoisotopic (exact) mass is 225 g/mol. The minimum absolute atomic E-state index is 0.949. The van der Waals surface area contributed by atoms with Gasteiger partial charge in [-0.05, 0) is 6.42 Å². The molecule has 0 saturated heterocycles. The molecule has 94 valence electrons. The fraction of sp³-hybridized carbons (Fsp3) is 0.923. The Hall–Kier alpha value is -0.570. The lowest BCUT2D eigenvalue weighted by molar-refractivity contribution is 0.336. The van der Waals surface area contributed by atoms with E-state index in [1.54, 1.807) is 0 Å². The molecule has 3 nitrogen and oxygen atoms in total. The fourth-order valence-electron chi connectivity index (χ4n) is 1.98. The predicted molar refractivity (Wildman–Crippen MR) is 70.7 cm³/mol. The lowest BCUT2D eigenvalue weighted by Crippen LogP contribution is -2.35. The molecule has 0 radical (unpaired) electrons. The highest BCUT2D eigenvalue weighted by atomic mass is 15.5. The topological polar surface area (TPSA) is 27.6 Å². The van der Waals surface area contributed by atoms with Crippen LogP contribution in [0.3, 0.4) is 0 Å². The number of rotatable bonds is 10. The number of nitrogens with zero attached hydrogens (tertiary/aromatic N) is 2. The van der Waals surface area contributed by atoms with Crippen molar-refractivity contribution in [3.63, 3.8) is 0 Å². The summed E-state index contributed by atoms with van der Waals surface area (Å²) in [6.07, 6.45) is 13.0. The molecule has 0 fully saturated rings. The van der Waals surface area contributed by atoms with Gasteiger partial charge in [-0.3, -0.25) is 10.0 Å². The standard InChI is InChI=1S/C13H27N3/c1-2-3-4-5-6-7-8-9-10-15-16-12-11-14-13-16/h13,15H,2-12H2,1H3. The molecule has 1 heterocycles. The van der Waals surface area contributed by atoms with Crippen LogP contribution in [0.5, 0.6) is 0 Å². The molecule has 0 unspecified atom stereocenters. The second kappa shape index (κ2) is 9.64. The first-order valence-corrected chi connectivity index (χ1v) is 6.93. The van der Waals surface area contributed by atoms with E-state index in [0.29, 0.717) is 0 Å². The van der Waals surface area contributed by atoms with Crippen LogP contribution in [-0.4, -0.2) is 31.0 Å². The molecule has 1 rings (SSSR count). The number of unbranched alkanes of at least 4 members (excludes halogenated alkanes) is 7. The average molecular weight is 225 g/mol. The Labute approximate surface area is 100 Å². The first-order chi connectivity index (χ1) is 7.93. The smallest absolute Gasteiger partial charge is 0.0993 e. The van der Waals surface area contributed by atoms with Gasteiger partial charge in [-0.1, -0.05) is 51.9 Å². The summed E-state index contributed by atoms with van der Waals surface area (Å²) < 4.78 is 0. The summed E-state index contributed by atoms with van der Waals surface area (Å²) in [6, 6.07) is 0. The minimum atomic E-state index is 0.949. The lowest BCUT2D eigenvalue weighted by Gasteiger charge is -2.14. The van der Waals surface area contributed by atoms with Crippen LogP contribution in [-0.2, 0) is 0 Å². The quantitative estimate of drug-likeness (QED) is 0.579. The van der Waals surface area contributed by atoms with E-state index in [0.717, 1.165) is 19.6 Å². The molecule has 1 N–H and O–H groups in total. The second-order valence-corrected chi connectivity index (χ2v) is 4.60. The third-order valence-electron chi connectivity index (χ3n) is 3.04. The van der Waals surface area contributed by atoms with Crippen molar-refractivity contribution in [3.05, 3.63) is 0 Å². The highest BCUT2D eigenvalue weighted by Crippen LogP contribution is 2.07. The van der Waals surface area contributed by atoms with Gasteiger partial charge in [0, 0.05) is 6.54 Å². The summed E-state index contributed by atoms with van der Waals surface area (Å²) in [4.78, 5) is 4.16. The van der Waals surface area contributed by atoms with Gasteiger partial charge in [-0.25, -0.2) is 5.43 Å². The molecule has 0 aromatic heterocycles. The molecule has 0 aromatic carbocycles. The maximum atomic E-state index is 4.16. The largest absolute Gasteiger partial charge is 0.297 e. The van der Waals surface area contributed by atoms with Gasteiger partial charge in [0.05, 0.1) is 19.4 Å². The van der Waals surface area contributed by atoms with Gasteiger partial charge in [0.15, 0.2) is 0 Å². The van der Waals surface area contributed by atoms with Crippen LogP contribution in [0.2, 0.25) is 0 Å². The van der Waals surface area contributed by atoms with Gasteiger partial charge in [0.1, 0.15) is 0 Å². The normalized spacial score (nSPS) is 14.9. The molecule has 0 bridgehead atoms. The molecule has 16 heavy (non-hydrogen) atoms. The average Bonchev–Trinajstić information content (AvgIpc) is 2.80. The number of hydrazine groups is 1. The number of aliphatic imine (C=N–C) groups is 1. The summed E-state index contributed by atoms with van der Waals surface area (Å²) in [7, 11) is 0. The van der Waals surface area contributed by atoms with Crippen molar-refractivity contribution in [1.29, 1.82) is 0 Å². The molecular weight excluding hydrogens is 198 g/mol. The van der Waals surface area contributed by atoms with E-state index in [4.69, 9.17) is 0 Å². The van der Waals surface area contributed by atoms with Crippen molar-refractivity contribution >= 4 is 6.34 Å². The molecular formula is C13H27N3. The van der Waals surface area contributed by atoms with E-state index in [1.165, 1.54) is 51.4 Å². The first kappa shape index (κ1) is 13.5. The number of nitrogens with one attached hydrogen (secondary N) is 1. The SMILES string of the molecule is CCCCCCCCCCNN1C=NCC1. The fourth-order valence-corrected chi connectivity index (χ4v) is 1.98. The maximum absolute atomic E-state index is 4.16. The maximum Gasteiger partial charge on any atom is 0.0993 e. The Morgan fingerprint density at radius 1 is 1.06 bits per heavy atom. The van der Waals surface area contributed by atoms with E-state index in [2.05, 4.69) is 22.4 Å². The van der Waals surface area contributed by atoms with Crippen LogP contribution >= 0.6 is 0 Å². The van der Waals surface area contributed by atoms with Gasteiger partial charge in [-0.15, -0.1) is 0 Å². The Morgan fingerprint density at radius 3 is 2.38 bits per heavy atom. The Kier molecular flexibility index (Phi) is 8.13. The van der Waals surface area contributed by atoms with Crippen molar-refractivity contribution in [2.24, 2.45) is 4.99 Å².